The van der Waals surface area contributed by atoms with E-state index < -0.39 is 43.5 Å². The van der Waals surface area contributed by atoms with Crippen LogP contribution in [0.5, 0.6) is 0 Å². The van der Waals surface area contributed by atoms with Crippen molar-refractivity contribution in [2.45, 2.75) is 45.8 Å². The van der Waals surface area contributed by atoms with Gasteiger partial charge in [0.25, 0.3) is 0 Å². The first-order valence-corrected chi connectivity index (χ1v) is 20.5. The summed E-state index contributed by atoms with van der Waals surface area (Å²) in [4.78, 5) is 0. The molecular formula is C12H36O9Si5. The summed E-state index contributed by atoms with van der Waals surface area (Å²) in [6, 6.07) is 0. The van der Waals surface area contributed by atoms with Gasteiger partial charge in [0.05, 0.1) is 0 Å². The maximum absolute atomic E-state index is 6.20. The lowest BCUT2D eigenvalue weighted by atomic mass is 11.8. The Morgan fingerprint density at radius 1 is 0.346 bits per heavy atom. The zero-order chi connectivity index (χ0) is 20.9. The molecule has 0 rings (SSSR count). The second-order valence-electron chi connectivity index (χ2n) is 6.82. The molecule has 0 fully saturated rings. The third kappa shape index (κ3) is 8.82. The highest BCUT2D eigenvalue weighted by Gasteiger charge is 2.55. The van der Waals surface area contributed by atoms with Crippen LogP contribution in [0.25, 0.3) is 0 Å². The van der Waals surface area contributed by atoms with Gasteiger partial charge in [-0.15, -0.1) is 0 Å². The van der Waals surface area contributed by atoms with Crippen LogP contribution in [0.15, 0.2) is 0 Å². The van der Waals surface area contributed by atoms with Crippen LogP contribution in [0, 0.1) is 0 Å². The van der Waals surface area contributed by atoms with E-state index in [0.29, 0.717) is 0 Å². The molecule has 14 heteroatoms. The highest BCUT2D eigenvalue weighted by atomic mass is 28.5. The highest BCUT2D eigenvalue weighted by molar-refractivity contribution is 6.85. The fraction of sp³-hybridized carbons (Fsp3) is 1.00. The molecule has 0 saturated carbocycles. The third-order valence-electron chi connectivity index (χ3n) is 3.70. The van der Waals surface area contributed by atoms with Crippen molar-refractivity contribution in [3.63, 3.8) is 0 Å². The van der Waals surface area contributed by atoms with Gasteiger partial charge >= 0.3 is 43.5 Å². The molecule has 26 heavy (non-hydrogen) atoms. The van der Waals surface area contributed by atoms with Gasteiger partial charge in [-0.2, -0.15) is 0 Å². The summed E-state index contributed by atoms with van der Waals surface area (Å²) in [6.45, 7) is 13.0. The second-order valence-corrected chi connectivity index (χ2v) is 22.9. The molecule has 158 valence electrons. The van der Waals surface area contributed by atoms with Gasteiger partial charge in [0.1, 0.15) is 0 Å². The Hall–Kier alpha value is 0.724. The van der Waals surface area contributed by atoms with Crippen molar-refractivity contribution in [2.75, 3.05) is 35.5 Å². The Morgan fingerprint density at radius 2 is 0.577 bits per heavy atom. The van der Waals surface area contributed by atoms with Gasteiger partial charge < -0.3 is 38.6 Å². The summed E-state index contributed by atoms with van der Waals surface area (Å²) >= 11 is 0. The van der Waals surface area contributed by atoms with Crippen molar-refractivity contribution < 1.29 is 38.6 Å². The third-order valence-corrected chi connectivity index (χ3v) is 20.7. The first-order chi connectivity index (χ1) is 11.6. The molecule has 0 N–H and O–H groups in total. The minimum atomic E-state index is -3.20. The predicted molar refractivity (Wildman–Crippen MR) is 109 cm³/mol. The van der Waals surface area contributed by atoms with Crippen LogP contribution in [-0.2, 0) is 38.6 Å². The van der Waals surface area contributed by atoms with Crippen molar-refractivity contribution in [1.82, 2.24) is 0 Å². The van der Waals surface area contributed by atoms with E-state index in [1.165, 1.54) is 7.11 Å². The summed E-state index contributed by atoms with van der Waals surface area (Å²) < 4.78 is 52.3. The minimum Gasteiger partial charge on any atom is -0.398 e. The summed E-state index contributed by atoms with van der Waals surface area (Å²) in [5.74, 6) is 0. The van der Waals surface area contributed by atoms with Crippen LogP contribution in [0.1, 0.15) is 0 Å². The van der Waals surface area contributed by atoms with Gasteiger partial charge in [-0.05, 0) is 26.2 Å². The smallest absolute Gasteiger partial charge is 0.398 e. The molecule has 0 aromatic heterocycles. The molecule has 0 aromatic carbocycles. The molecule has 0 aliphatic rings. The maximum atomic E-state index is 6.20. The molecule has 0 saturated heterocycles. The van der Waals surface area contributed by atoms with Gasteiger partial charge in [0, 0.05) is 55.2 Å². The molecule has 0 heterocycles. The number of rotatable bonds is 13. The average Bonchev–Trinajstić information content (AvgIpc) is 2.53. The predicted octanol–water partition coefficient (Wildman–Crippen LogP) is 2.39. The topological polar surface area (TPSA) is 83.1 Å². The maximum Gasteiger partial charge on any atom is 0.482 e. The Balaban J connectivity index is 5.47. The van der Waals surface area contributed by atoms with Crippen LogP contribution in [0.4, 0.5) is 0 Å². The van der Waals surface area contributed by atoms with Crippen molar-refractivity contribution in [2.24, 2.45) is 0 Å². The standard InChI is InChI=1S/C12H36O9Si5/c1-13-22(6,7)18-24(10,15-3)20-26(12,17-5)21-25(11,16-4)19-23(8,9)14-2/h1-12H3. The molecule has 0 amide bonds. The number of hydrogen-bond donors (Lipinski definition) is 0. The Morgan fingerprint density at radius 3 is 0.769 bits per heavy atom. The van der Waals surface area contributed by atoms with E-state index >= 15 is 0 Å². The summed E-state index contributed by atoms with van der Waals surface area (Å²) in [6.07, 6.45) is 0. The molecular weight excluding hydrogens is 429 g/mol. The van der Waals surface area contributed by atoms with E-state index in [1.54, 1.807) is 48.1 Å². The fourth-order valence-electron chi connectivity index (χ4n) is 1.96. The monoisotopic (exact) mass is 464 g/mol. The van der Waals surface area contributed by atoms with Gasteiger partial charge in [-0.1, -0.05) is 0 Å². The fourth-order valence-corrected chi connectivity index (χ4v) is 18.8. The van der Waals surface area contributed by atoms with E-state index in [1.807, 2.05) is 26.2 Å². The van der Waals surface area contributed by atoms with Crippen LogP contribution < -0.4 is 0 Å². The average molecular weight is 465 g/mol. The van der Waals surface area contributed by atoms with E-state index in [9.17, 15) is 0 Å². The van der Waals surface area contributed by atoms with E-state index in [4.69, 9.17) is 38.6 Å². The zero-order valence-corrected chi connectivity index (χ0v) is 23.2. The van der Waals surface area contributed by atoms with Crippen LogP contribution >= 0.6 is 0 Å². The molecule has 2 atom stereocenters. The SMILES string of the molecule is CO[Si](C)(C)O[Si](C)(OC)O[Si](C)(OC)O[Si](C)(OC)O[Si](C)(C)OC. The van der Waals surface area contributed by atoms with E-state index in [-0.39, 0.29) is 0 Å². The molecule has 0 bridgehead atoms. The van der Waals surface area contributed by atoms with Gasteiger partial charge in [-0.25, -0.2) is 0 Å². The molecule has 0 radical (unpaired) electrons. The van der Waals surface area contributed by atoms with E-state index in [2.05, 4.69) is 0 Å². The van der Waals surface area contributed by atoms with Crippen LogP contribution in [0.2, 0.25) is 45.8 Å². The lowest BCUT2D eigenvalue weighted by molar-refractivity contribution is 0.0930. The molecule has 0 spiro atoms. The molecule has 0 aliphatic carbocycles. The van der Waals surface area contributed by atoms with Crippen molar-refractivity contribution in [1.29, 1.82) is 0 Å². The first-order valence-electron chi connectivity index (χ1n) is 8.19. The van der Waals surface area contributed by atoms with Gasteiger partial charge in [0.15, 0.2) is 0 Å². The number of hydrogen-bond acceptors (Lipinski definition) is 9. The molecule has 9 nitrogen and oxygen atoms in total. The van der Waals surface area contributed by atoms with Crippen molar-refractivity contribution in [3.05, 3.63) is 0 Å². The molecule has 2 unspecified atom stereocenters. The Labute approximate surface area is 163 Å². The van der Waals surface area contributed by atoms with Crippen molar-refractivity contribution in [3.8, 4) is 0 Å². The largest absolute Gasteiger partial charge is 0.482 e. The highest BCUT2D eigenvalue weighted by Crippen LogP contribution is 2.27. The molecule has 0 aliphatic heterocycles. The van der Waals surface area contributed by atoms with Gasteiger partial charge in [-0.3, -0.25) is 0 Å². The van der Waals surface area contributed by atoms with E-state index in [0.717, 1.165) is 0 Å². The summed E-state index contributed by atoms with van der Waals surface area (Å²) in [5.41, 5.74) is 0. The minimum absolute atomic E-state index is 1.53. The quantitative estimate of drug-likeness (QED) is 0.381. The van der Waals surface area contributed by atoms with Crippen molar-refractivity contribution >= 4 is 43.5 Å². The second kappa shape index (κ2) is 9.97. The summed E-state index contributed by atoms with van der Waals surface area (Å²) in [7, 11) is -6.32. The lowest BCUT2D eigenvalue weighted by Gasteiger charge is -2.41. The Kier molecular flexibility index (Phi) is 10.2. The lowest BCUT2D eigenvalue weighted by Crippen LogP contribution is -2.64. The Bertz CT molecular complexity index is 407. The first kappa shape index (κ1) is 26.7. The van der Waals surface area contributed by atoms with Crippen LogP contribution in [-0.4, -0.2) is 79.1 Å². The normalized spacial score (nSPS) is 20.3. The zero-order valence-electron chi connectivity index (χ0n) is 18.2. The summed E-state index contributed by atoms with van der Waals surface area (Å²) in [5, 5.41) is 0. The molecule has 0 aromatic rings. The van der Waals surface area contributed by atoms with Gasteiger partial charge in [0.2, 0.25) is 0 Å². The van der Waals surface area contributed by atoms with Crippen LogP contribution in [0.3, 0.4) is 0 Å².